The molecule has 4 aromatic rings. The van der Waals surface area contributed by atoms with Crippen molar-refractivity contribution in [3.63, 3.8) is 0 Å². The number of hydrogen-bond donors (Lipinski definition) is 1. The number of amides is 1. The van der Waals surface area contributed by atoms with E-state index in [9.17, 15) is 28.8 Å². The summed E-state index contributed by atoms with van der Waals surface area (Å²) in [6, 6.07) is 19.3. The van der Waals surface area contributed by atoms with Crippen molar-refractivity contribution in [3.8, 4) is 11.1 Å². The minimum Gasteiger partial charge on any atom is -0.415 e. The Morgan fingerprint density at radius 2 is 0.868 bits per heavy atom. The van der Waals surface area contributed by atoms with Crippen molar-refractivity contribution >= 4 is 40.9 Å². The third-order valence-electron chi connectivity index (χ3n) is 16.2. The van der Waals surface area contributed by atoms with Gasteiger partial charge in [-0.25, -0.2) is 4.79 Å². The number of nitrogens with zero attached hydrogens (tertiary/aromatic N) is 2. The van der Waals surface area contributed by atoms with E-state index in [0.717, 1.165) is 38.5 Å². The van der Waals surface area contributed by atoms with Crippen molar-refractivity contribution in [3.05, 3.63) is 123 Å². The number of ether oxygens (including phenoxy) is 2. The third kappa shape index (κ3) is 10.2. The van der Waals surface area contributed by atoms with Gasteiger partial charge in [-0.15, -0.1) is 0 Å². The molecule has 11 nitrogen and oxygen atoms in total. The van der Waals surface area contributed by atoms with Gasteiger partial charge in [0.15, 0.2) is 23.1 Å². The molecule has 2 aliphatic carbocycles. The van der Waals surface area contributed by atoms with Gasteiger partial charge in [-0.05, 0) is 74.1 Å². The Morgan fingerprint density at radius 3 is 1.31 bits per heavy atom. The highest BCUT2D eigenvalue weighted by Crippen LogP contribution is 2.43. The van der Waals surface area contributed by atoms with Gasteiger partial charge in [0.25, 0.3) is 0 Å². The van der Waals surface area contributed by atoms with E-state index in [2.05, 4.69) is 74.6 Å². The maximum atomic E-state index is 14.8. The zero-order chi connectivity index (χ0) is 50.4. The van der Waals surface area contributed by atoms with Crippen molar-refractivity contribution in [2.75, 3.05) is 47.0 Å². The molecule has 0 aromatic heterocycles. The van der Waals surface area contributed by atoms with E-state index >= 15 is 0 Å². The van der Waals surface area contributed by atoms with Gasteiger partial charge in [0.2, 0.25) is 13.5 Å². The van der Waals surface area contributed by atoms with Gasteiger partial charge in [-0.2, -0.15) is 0 Å². The molecule has 0 saturated heterocycles. The molecule has 0 radical (unpaired) electrons. The van der Waals surface area contributed by atoms with Crippen molar-refractivity contribution in [1.29, 1.82) is 0 Å². The first-order chi connectivity index (χ1) is 31.6. The fraction of sp³-hybridized carbons (Fsp3) is 0.474. The molecule has 0 atom stereocenters. The number of quaternary nitrogens is 2. The van der Waals surface area contributed by atoms with Crippen molar-refractivity contribution in [2.45, 2.75) is 125 Å². The van der Waals surface area contributed by atoms with Crippen LogP contribution in [-0.4, -0.2) is 96.9 Å². The molecule has 0 saturated carbocycles. The summed E-state index contributed by atoms with van der Waals surface area (Å²) in [7, 11) is 8.10. The summed E-state index contributed by atoms with van der Waals surface area (Å²) in [5.41, 5.74) is 1.39. The monoisotopic (exact) mass is 928 g/mol. The highest BCUT2D eigenvalue weighted by Gasteiger charge is 2.42. The van der Waals surface area contributed by atoms with Crippen LogP contribution < -0.4 is 5.32 Å². The number of fused-ring (bicyclic) bond motifs is 4. The molecular weight excluding hydrogens is 855 g/mol. The van der Waals surface area contributed by atoms with Crippen molar-refractivity contribution in [2.24, 2.45) is 10.8 Å². The van der Waals surface area contributed by atoms with Gasteiger partial charge < -0.3 is 9.47 Å². The van der Waals surface area contributed by atoms with Gasteiger partial charge in [0.05, 0.1) is 56.9 Å². The van der Waals surface area contributed by atoms with Crippen LogP contribution in [0.1, 0.15) is 177 Å². The smallest absolute Gasteiger partial charge is 0.415 e. The highest BCUT2D eigenvalue weighted by molar-refractivity contribution is 6.34. The zero-order valence-electron chi connectivity index (χ0n) is 43.0. The van der Waals surface area contributed by atoms with Crippen LogP contribution in [0.25, 0.3) is 11.1 Å². The topological polar surface area (TPSA) is 133 Å². The number of carbonyl (C=O) groups is 6. The molecule has 4 aromatic carbocycles. The number of carbonyl (C=O) groups excluding carboxylic acids is 6. The Labute approximate surface area is 403 Å². The van der Waals surface area contributed by atoms with Crippen molar-refractivity contribution < 1.29 is 47.2 Å². The lowest BCUT2D eigenvalue weighted by atomic mass is 9.75. The Bertz CT molecular complexity index is 2500. The Kier molecular flexibility index (Phi) is 14.4. The number of nitrogens with one attached hydrogen (secondary N) is 1. The molecule has 0 aliphatic heterocycles. The second kappa shape index (κ2) is 19.0. The highest BCUT2D eigenvalue weighted by atomic mass is 16.6. The lowest BCUT2D eigenvalue weighted by Crippen LogP contribution is -2.57. The summed E-state index contributed by atoms with van der Waals surface area (Å²) in [6.07, 6.45) is 4.85. The molecule has 6 rings (SSSR count). The average molecular weight is 928 g/mol. The Hall–Kier alpha value is -5.78. The minimum atomic E-state index is -0.799. The summed E-state index contributed by atoms with van der Waals surface area (Å²) in [6.45, 7) is 22.2. The molecule has 0 fully saturated rings. The zero-order valence-corrected chi connectivity index (χ0v) is 43.0. The molecule has 68 heavy (non-hydrogen) atoms. The van der Waals surface area contributed by atoms with Crippen LogP contribution in [0.15, 0.2) is 72.8 Å². The fourth-order valence-corrected chi connectivity index (χ4v) is 8.62. The van der Waals surface area contributed by atoms with E-state index in [1.54, 1.807) is 66.7 Å². The Morgan fingerprint density at radius 1 is 0.485 bits per heavy atom. The third-order valence-corrected chi connectivity index (χ3v) is 16.2. The van der Waals surface area contributed by atoms with E-state index < -0.39 is 35.2 Å². The molecule has 1 amide bonds. The quantitative estimate of drug-likeness (QED) is 0.0512. The van der Waals surface area contributed by atoms with Gasteiger partial charge >= 0.3 is 12.1 Å². The van der Waals surface area contributed by atoms with Gasteiger partial charge in [-0.3, -0.25) is 38.3 Å². The number of esters is 1. The van der Waals surface area contributed by atoms with E-state index in [1.807, 2.05) is 28.2 Å². The van der Waals surface area contributed by atoms with Crippen LogP contribution in [-0.2, 0) is 20.7 Å². The number of hydrogen-bond acceptors (Lipinski definition) is 8. The molecule has 0 bridgehead atoms. The predicted octanol–water partition coefficient (Wildman–Crippen LogP) is 11.6. The van der Waals surface area contributed by atoms with Crippen LogP contribution in [0.3, 0.4) is 0 Å². The van der Waals surface area contributed by atoms with Crippen molar-refractivity contribution in [1.82, 2.24) is 0 Å². The molecule has 2 aliphatic rings. The Balaban J connectivity index is 1.38. The maximum Gasteiger partial charge on any atom is 0.415 e. The summed E-state index contributed by atoms with van der Waals surface area (Å²) in [4.78, 5) is 86.2. The summed E-state index contributed by atoms with van der Waals surface area (Å²) in [5.74, 6) is -2.46. The van der Waals surface area contributed by atoms with Gasteiger partial charge in [0, 0.05) is 51.8 Å². The number of anilines is 1. The molecule has 0 spiro atoms. The number of rotatable bonds is 18. The molecular formula is C57H73N3O8+2. The second-order valence-corrected chi connectivity index (χ2v) is 22.9. The number of benzene rings is 4. The summed E-state index contributed by atoms with van der Waals surface area (Å²) < 4.78 is 12.6. The molecule has 362 valence electrons. The lowest BCUT2D eigenvalue weighted by molar-refractivity contribution is -0.953. The SMILES string of the molecule is CCC(C)(C)CCC(C)(C)[N+](C)(C)COC(=O)Cc1ccc(-c2ccc(NC(=O)OC[N+](C)(C)C(C)(C)CCC(C)(C)CC)c3c2C(=O)c2ccccc2C3=O)c2c1C(=O)c1ccccc1C2=O. The summed E-state index contributed by atoms with van der Waals surface area (Å²) in [5, 5.41) is 2.77. The molecule has 11 heteroatoms. The largest absolute Gasteiger partial charge is 0.415 e. The molecule has 1 N–H and O–H groups in total. The van der Waals surface area contributed by atoms with Crippen LogP contribution >= 0.6 is 0 Å². The standard InChI is InChI=1S/C57H72N3O8/c1-15-54(3,4)29-31-56(7,8)59(11,12)34-67-44(61)33-36-25-26-37(46-45(36)49(62)39-21-17-18-22-40(39)50(46)63)38-27-28-43(48-47(38)51(64)41-23-19-20-24-42(41)52(48)65)58-53(66)68-35-60(13,14)57(9,10)32-30-55(5,6)16-2/h17-28H,15-16,29-35H2,1-14H3/q+1/p+1. The van der Waals surface area contributed by atoms with E-state index in [-0.39, 0.29) is 103 Å². The maximum absolute atomic E-state index is 14.8. The average Bonchev–Trinajstić information content (AvgIpc) is 3.29. The molecule has 0 heterocycles. The first-order valence-electron chi connectivity index (χ1n) is 24.0. The van der Waals surface area contributed by atoms with Crippen LogP contribution in [0.5, 0.6) is 0 Å². The van der Waals surface area contributed by atoms with Crippen LogP contribution in [0.2, 0.25) is 0 Å². The van der Waals surface area contributed by atoms with E-state index in [1.165, 1.54) is 6.07 Å². The van der Waals surface area contributed by atoms with Gasteiger partial charge in [-0.1, -0.05) is 121 Å². The predicted molar refractivity (Wildman–Crippen MR) is 267 cm³/mol. The number of ketones is 4. The summed E-state index contributed by atoms with van der Waals surface area (Å²) >= 11 is 0. The van der Waals surface area contributed by atoms with E-state index in [4.69, 9.17) is 9.47 Å². The normalized spacial score (nSPS) is 14.2. The van der Waals surface area contributed by atoms with Crippen LogP contribution in [0.4, 0.5) is 10.5 Å². The lowest BCUT2D eigenvalue weighted by Gasteiger charge is -2.44. The van der Waals surface area contributed by atoms with Crippen LogP contribution in [0, 0.1) is 10.8 Å². The fourth-order valence-electron chi connectivity index (χ4n) is 8.62. The first kappa shape index (κ1) is 51.6. The van der Waals surface area contributed by atoms with E-state index in [0.29, 0.717) is 14.5 Å². The molecule has 0 unspecified atom stereocenters. The second-order valence-electron chi connectivity index (χ2n) is 22.9. The first-order valence-corrected chi connectivity index (χ1v) is 24.0. The minimum absolute atomic E-state index is 0.0150. The van der Waals surface area contributed by atoms with Gasteiger partial charge in [0.1, 0.15) is 0 Å².